The number of halogens is 2. The lowest BCUT2D eigenvalue weighted by Gasteiger charge is -2.11. The van der Waals surface area contributed by atoms with Crippen molar-refractivity contribution in [2.75, 3.05) is 11.5 Å². The van der Waals surface area contributed by atoms with Gasteiger partial charge in [-0.05, 0) is 55.0 Å². The lowest BCUT2D eigenvalue weighted by atomic mass is 10.0. The average molecular weight is 510 g/mol. The van der Waals surface area contributed by atoms with Gasteiger partial charge in [-0.1, -0.05) is 11.6 Å². The molecule has 1 saturated heterocycles. The van der Waals surface area contributed by atoms with Crippen molar-refractivity contribution >= 4 is 38.2 Å². The number of fused-ring (bicyclic) bond motifs is 1. The minimum atomic E-state index is -3.14. The molecule has 1 aliphatic heterocycles. The minimum Gasteiger partial charge on any atom is -0.348 e. The zero-order chi connectivity index (χ0) is 24.7. The number of hydrogen-bond donors (Lipinski definition) is 1. The minimum absolute atomic E-state index is 0.0475. The number of nitriles is 1. The molecule has 1 N–H and O–H groups in total. The Morgan fingerprint density at radius 1 is 1.20 bits per heavy atom. The van der Waals surface area contributed by atoms with Gasteiger partial charge in [0.25, 0.3) is 5.91 Å². The van der Waals surface area contributed by atoms with Gasteiger partial charge in [-0.25, -0.2) is 22.5 Å². The maximum absolute atomic E-state index is 13.5. The number of sulfone groups is 1. The van der Waals surface area contributed by atoms with Crippen LogP contribution in [0.5, 0.6) is 0 Å². The third kappa shape index (κ3) is 4.48. The number of hydrogen-bond acceptors (Lipinski definition) is 6. The van der Waals surface area contributed by atoms with E-state index in [0.717, 1.165) is 6.20 Å². The van der Waals surface area contributed by atoms with Crippen molar-refractivity contribution in [1.29, 1.82) is 5.26 Å². The fraction of sp³-hybridized carbons (Fsp3) is 0.167. The van der Waals surface area contributed by atoms with E-state index in [4.69, 9.17) is 11.6 Å². The molecule has 1 atom stereocenters. The molecule has 3 heterocycles. The standard InChI is InChI=1S/C24H17ClFN5O3S/c25-20-5-1-14(11-27)9-19(20)23-18-4-2-15(24(32)29-17-7-8-35(33,34)13-17)10-21(18)31(30-23)22-6-3-16(26)12-28-22/h1-6,9-10,12,17H,7-8,13H2,(H,29,32). The Balaban J connectivity index is 1.63. The van der Waals surface area contributed by atoms with Crippen molar-refractivity contribution in [1.82, 2.24) is 20.1 Å². The first kappa shape index (κ1) is 23.0. The first-order valence-electron chi connectivity index (χ1n) is 10.6. The maximum Gasteiger partial charge on any atom is 0.251 e. The second-order valence-electron chi connectivity index (χ2n) is 8.21. The quantitative estimate of drug-likeness (QED) is 0.448. The molecule has 0 bridgehead atoms. The van der Waals surface area contributed by atoms with Crippen LogP contribution < -0.4 is 5.32 Å². The van der Waals surface area contributed by atoms with Gasteiger partial charge in [-0.15, -0.1) is 0 Å². The van der Waals surface area contributed by atoms with Gasteiger partial charge in [0.05, 0.1) is 39.9 Å². The van der Waals surface area contributed by atoms with Crippen LogP contribution in [0.15, 0.2) is 54.7 Å². The average Bonchev–Trinajstić information content (AvgIpc) is 3.39. The van der Waals surface area contributed by atoms with E-state index in [1.165, 1.54) is 16.8 Å². The van der Waals surface area contributed by atoms with E-state index in [-0.39, 0.29) is 11.5 Å². The van der Waals surface area contributed by atoms with Gasteiger partial charge >= 0.3 is 0 Å². The molecule has 2 aromatic carbocycles. The highest BCUT2D eigenvalue weighted by Crippen LogP contribution is 2.35. The van der Waals surface area contributed by atoms with Crippen LogP contribution >= 0.6 is 11.6 Å². The second-order valence-corrected chi connectivity index (χ2v) is 10.8. The summed E-state index contributed by atoms with van der Waals surface area (Å²) in [4.78, 5) is 17.0. The van der Waals surface area contributed by atoms with Gasteiger partial charge in [0.2, 0.25) is 0 Å². The Bertz CT molecular complexity index is 1630. The molecule has 35 heavy (non-hydrogen) atoms. The van der Waals surface area contributed by atoms with E-state index in [2.05, 4.69) is 21.5 Å². The first-order chi connectivity index (χ1) is 16.7. The Labute approximate surface area is 204 Å². The summed E-state index contributed by atoms with van der Waals surface area (Å²) in [6.07, 6.45) is 1.43. The molecule has 1 fully saturated rings. The number of carbonyl (C=O) groups is 1. The van der Waals surface area contributed by atoms with E-state index in [0.29, 0.717) is 50.5 Å². The number of aromatic nitrogens is 3. The summed E-state index contributed by atoms with van der Waals surface area (Å²) in [7, 11) is -3.14. The van der Waals surface area contributed by atoms with E-state index >= 15 is 0 Å². The fourth-order valence-corrected chi connectivity index (χ4v) is 5.96. The van der Waals surface area contributed by atoms with E-state index in [9.17, 15) is 22.9 Å². The first-order valence-corrected chi connectivity index (χ1v) is 12.8. The van der Waals surface area contributed by atoms with Crippen molar-refractivity contribution in [2.45, 2.75) is 12.5 Å². The number of carbonyl (C=O) groups excluding carboxylic acids is 1. The van der Waals surface area contributed by atoms with Crippen LogP contribution in [0, 0.1) is 17.1 Å². The van der Waals surface area contributed by atoms with Crippen molar-refractivity contribution in [2.24, 2.45) is 0 Å². The number of nitrogens with one attached hydrogen (secondary N) is 1. The van der Waals surface area contributed by atoms with Gasteiger partial charge in [0.15, 0.2) is 15.7 Å². The highest BCUT2D eigenvalue weighted by atomic mass is 35.5. The monoisotopic (exact) mass is 509 g/mol. The van der Waals surface area contributed by atoms with E-state index in [1.54, 1.807) is 36.4 Å². The molecule has 0 saturated carbocycles. The Hall–Kier alpha value is -3.81. The van der Waals surface area contributed by atoms with Crippen molar-refractivity contribution in [3.63, 3.8) is 0 Å². The van der Waals surface area contributed by atoms with E-state index < -0.39 is 27.6 Å². The predicted octanol–water partition coefficient (Wildman–Crippen LogP) is 3.67. The SMILES string of the molecule is N#Cc1ccc(Cl)c(-c2nn(-c3ccc(F)cn3)c3cc(C(=O)NC4CCS(=O)(=O)C4)ccc23)c1. The van der Waals surface area contributed by atoms with Gasteiger partial charge in [-0.3, -0.25) is 4.79 Å². The van der Waals surface area contributed by atoms with Gasteiger partial charge in [-0.2, -0.15) is 10.4 Å². The molecular weight excluding hydrogens is 493 g/mol. The molecule has 0 radical (unpaired) electrons. The molecule has 1 aliphatic rings. The van der Waals surface area contributed by atoms with Crippen LogP contribution in [-0.2, 0) is 9.84 Å². The summed E-state index contributed by atoms with van der Waals surface area (Å²) < 4.78 is 38.5. The largest absolute Gasteiger partial charge is 0.348 e. The molecule has 4 aromatic rings. The number of pyridine rings is 1. The lowest BCUT2D eigenvalue weighted by Crippen LogP contribution is -2.35. The molecule has 5 rings (SSSR count). The highest BCUT2D eigenvalue weighted by molar-refractivity contribution is 7.91. The summed E-state index contributed by atoms with van der Waals surface area (Å²) >= 11 is 6.43. The van der Waals surface area contributed by atoms with Crippen LogP contribution in [0.2, 0.25) is 5.02 Å². The zero-order valence-electron chi connectivity index (χ0n) is 18.1. The van der Waals surface area contributed by atoms with Crippen molar-refractivity contribution in [3.05, 3.63) is 76.7 Å². The lowest BCUT2D eigenvalue weighted by molar-refractivity contribution is 0.0941. The van der Waals surface area contributed by atoms with Crippen LogP contribution in [0.3, 0.4) is 0 Å². The zero-order valence-corrected chi connectivity index (χ0v) is 19.6. The van der Waals surface area contributed by atoms with Crippen molar-refractivity contribution in [3.8, 4) is 23.1 Å². The van der Waals surface area contributed by atoms with Gasteiger partial charge < -0.3 is 5.32 Å². The summed E-state index contributed by atoms with van der Waals surface area (Å²) in [5.41, 5.74) is 2.18. The third-order valence-electron chi connectivity index (χ3n) is 5.79. The smallest absolute Gasteiger partial charge is 0.251 e. The maximum atomic E-state index is 13.5. The predicted molar refractivity (Wildman–Crippen MR) is 129 cm³/mol. The van der Waals surface area contributed by atoms with Crippen LogP contribution in [0.1, 0.15) is 22.3 Å². The molecule has 1 amide bonds. The van der Waals surface area contributed by atoms with Gasteiger partial charge in [0.1, 0.15) is 11.5 Å². The molecule has 1 unspecified atom stereocenters. The van der Waals surface area contributed by atoms with Gasteiger partial charge in [0, 0.05) is 22.6 Å². The Morgan fingerprint density at radius 3 is 2.71 bits per heavy atom. The number of rotatable bonds is 4. The summed E-state index contributed by atoms with van der Waals surface area (Å²) in [6.45, 7) is 0. The highest BCUT2D eigenvalue weighted by Gasteiger charge is 2.29. The summed E-state index contributed by atoms with van der Waals surface area (Å²) in [6, 6.07) is 14.1. The van der Waals surface area contributed by atoms with Crippen LogP contribution in [-0.4, -0.2) is 46.6 Å². The van der Waals surface area contributed by atoms with Crippen LogP contribution in [0.25, 0.3) is 28.0 Å². The molecule has 8 nitrogen and oxygen atoms in total. The molecule has 176 valence electrons. The summed E-state index contributed by atoms with van der Waals surface area (Å²) in [5, 5.41) is 17.8. The Kier molecular flexibility index (Phi) is 5.75. The fourth-order valence-electron chi connectivity index (χ4n) is 4.08. The van der Waals surface area contributed by atoms with Crippen molar-refractivity contribution < 1.29 is 17.6 Å². The molecule has 11 heteroatoms. The van der Waals surface area contributed by atoms with Crippen LogP contribution in [0.4, 0.5) is 4.39 Å². The topological polar surface area (TPSA) is 118 Å². The number of amides is 1. The summed E-state index contributed by atoms with van der Waals surface area (Å²) in [5.74, 6) is -0.654. The molecular formula is C24H17ClFN5O3S. The number of nitrogens with zero attached hydrogens (tertiary/aromatic N) is 4. The molecule has 0 aliphatic carbocycles. The van der Waals surface area contributed by atoms with E-state index in [1.807, 2.05) is 0 Å². The number of benzene rings is 2. The normalized spacial score (nSPS) is 16.8. The third-order valence-corrected chi connectivity index (χ3v) is 7.89. The Morgan fingerprint density at radius 2 is 2.03 bits per heavy atom. The second kappa shape index (κ2) is 8.76. The molecule has 2 aromatic heterocycles. The molecule has 0 spiro atoms.